The van der Waals surface area contributed by atoms with Gasteiger partial charge in [-0.15, -0.1) is 0 Å². The molecular weight excluding hydrogens is 300 g/mol. The largest absolute Gasteiger partial charge is 0.464 e. The number of aromatic nitrogens is 2. The van der Waals surface area contributed by atoms with Gasteiger partial charge in [-0.2, -0.15) is 0 Å². The van der Waals surface area contributed by atoms with E-state index in [1.165, 1.54) is 12.7 Å². The molecule has 2 aromatic heterocycles. The molecule has 4 nitrogen and oxygen atoms in total. The molecule has 0 aliphatic carbocycles. The Labute approximate surface area is 142 Å². The number of rotatable bonds is 3. The monoisotopic (exact) mass is 324 g/mol. The van der Waals surface area contributed by atoms with Crippen molar-refractivity contribution in [1.82, 2.24) is 9.13 Å². The lowest BCUT2D eigenvalue weighted by atomic mass is 9.87. The highest BCUT2D eigenvalue weighted by Gasteiger charge is 2.18. The van der Waals surface area contributed by atoms with Gasteiger partial charge < -0.3 is 13.9 Å². The van der Waals surface area contributed by atoms with Crippen LogP contribution in [0.1, 0.15) is 42.4 Å². The van der Waals surface area contributed by atoms with Crippen LogP contribution in [0.25, 0.3) is 11.0 Å². The second-order valence-corrected chi connectivity index (χ2v) is 7.25. The Kier molecular flexibility index (Phi) is 3.99. The number of aryl methyl sites for hydroxylation is 1. The van der Waals surface area contributed by atoms with E-state index in [-0.39, 0.29) is 11.4 Å². The van der Waals surface area contributed by atoms with Crippen LogP contribution in [-0.2, 0) is 23.7 Å². The third kappa shape index (κ3) is 2.84. The van der Waals surface area contributed by atoms with Crippen molar-refractivity contribution in [1.29, 1.82) is 0 Å². The van der Waals surface area contributed by atoms with Crippen LogP contribution >= 0.6 is 0 Å². The number of fused-ring (bicyclic) bond motifs is 1. The minimum atomic E-state index is -0.308. The summed E-state index contributed by atoms with van der Waals surface area (Å²) in [6, 6.07) is 12.5. The third-order valence-electron chi connectivity index (χ3n) is 4.51. The SMILES string of the molecule is COC(=O)c1cc2c(ccn2C)n1Cc1ccc(C(C)(C)C)cc1. The van der Waals surface area contributed by atoms with Crippen LogP contribution in [-0.4, -0.2) is 22.2 Å². The fourth-order valence-electron chi connectivity index (χ4n) is 3.01. The first-order valence-electron chi connectivity index (χ1n) is 8.13. The molecule has 4 heteroatoms. The predicted octanol–water partition coefficient (Wildman–Crippen LogP) is 4.11. The fourth-order valence-corrected chi connectivity index (χ4v) is 3.01. The Bertz CT molecular complexity index is 877. The number of methoxy groups -OCH3 is 1. The minimum Gasteiger partial charge on any atom is -0.464 e. The molecule has 0 saturated carbocycles. The number of esters is 1. The molecule has 0 saturated heterocycles. The highest BCUT2D eigenvalue weighted by atomic mass is 16.5. The van der Waals surface area contributed by atoms with Gasteiger partial charge in [-0.05, 0) is 28.7 Å². The Morgan fingerprint density at radius 3 is 2.33 bits per heavy atom. The zero-order valence-electron chi connectivity index (χ0n) is 15.0. The van der Waals surface area contributed by atoms with Gasteiger partial charge in [0, 0.05) is 19.8 Å². The van der Waals surface area contributed by atoms with Crippen LogP contribution in [0.15, 0.2) is 42.6 Å². The molecule has 3 aromatic rings. The predicted molar refractivity (Wildman–Crippen MR) is 96.5 cm³/mol. The molecule has 0 radical (unpaired) electrons. The molecule has 0 aliphatic rings. The molecule has 24 heavy (non-hydrogen) atoms. The summed E-state index contributed by atoms with van der Waals surface area (Å²) in [4.78, 5) is 12.1. The van der Waals surface area contributed by atoms with Gasteiger partial charge in [0.2, 0.25) is 0 Å². The fraction of sp³-hybridized carbons (Fsp3) is 0.350. The van der Waals surface area contributed by atoms with Crippen LogP contribution in [0.5, 0.6) is 0 Å². The summed E-state index contributed by atoms with van der Waals surface area (Å²) in [5, 5.41) is 0. The Morgan fingerprint density at radius 1 is 1.08 bits per heavy atom. The lowest BCUT2D eigenvalue weighted by Crippen LogP contribution is -2.12. The number of nitrogens with zero attached hydrogens (tertiary/aromatic N) is 2. The Morgan fingerprint density at radius 2 is 1.75 bits per heavy atom. The van der Waals surface area contributed by atoms with Crippen LogP contribution in [0.3, 0.4) is 0 Å². The van der Waals surface area contributed by atoms with Crippen LogP contribution < -0.4 is 0 Å². The maximum Gasteiger partial charge on any atom is 0.354 e. The van der Waals surface area contributed by atoms with E-state index in [9.17, 15) is 4.79 Å². The van der Waals surface area contributed by atoms with E-state index in [1.54, 1.807) is 0 Å². The molecule has 126 valence electrons. The summed E-state index contributed by atoms with van der Waals surface area (Å²) < 4.78 is 8.98. The van der Waals surface area contributed by atoms with E-state index in [0.29, 0.717) is 12.2 Å². The lowest BCUT2D eigenvalue weighted by molar-refractivity contribution is 0.0589. The van der Waals surface area contributed by atoms with Gasteiger partial charge in [-0.25, -0.2) is 4.79 Å². The zero-order chi connectivity index (χ0) is 17.5. The van der Waals surface area contributed by atoms with E-state index in [2.05, 4.69) is 45.0 Å². The van der Waals surface area contributed by atoms with Crippen LogP contribution in [0, 0.1) is 0 Å². The Hall–Kier alpha value is -2.49. The van der Waals surface area contributed by atoms with Crippen molar-refractivity contribution in [2.24, 2.45) is 7.05 Å². The second kappa shape index (κ2) is 5.86. The third-order valence-corrected chi connectivity index (χ3v) is 4.51. The molecule has 0 aliphatic heterocycles. The van der Waals surface area contributed by atoms with Crippen molar-refractivity contribution in [2.45, 2.75) is 32.7 Å². The zero-order valence-corrected chi connectivity index (χ0v) is 15.0. The van der Waals surface area contributed by atoms with E-state index in [4.69, 9.17) is 4.74 Å². The number of benzene rings is 1. The molecule has 0 spiro atoms. The number of hydrogen-bond acceptors (Lipinski definition) is 2. The van der Waals surface area contributed by atoms with Gasteiger partial charge in [0.05, 0.1) is 18.1 Å². The minimum absolute atomic E-state index is 0.135. The van der Waals surface area contributed by atoms with Gasteiger partial charge in [-0.3, -0.25) is 0 Å². The van der Waals surface area contributed by atoms with Crippen molar-refractivity contribution in [3.05, 3.63) is 59.4 Å². The Balaban J connectivity index is 2.01. The highest BCUT2D eigenvalue weighted by Crippen LogP contribution is 2.25. The second-order valence-electron chi connectivity index (χ2n) is 7.25. The summed E-state index contributed by atoms with van der Waals surface area (Å²) in [6.45, 7) is 7.26. The van der Waals surface area contributed by atoms with E-state index < -0.39 is 0 Å². The number of hydrogen-bond donors (Lipinski definition) is 0. The molecule has 0 N–H and O–H groups in total. The van der Waals surface area contributed by atoms with E-state index in [0.717, 1.165) is 16.6 Å². The maximum absolute atomic E-state index is 12.1. The van der Waals surface area contributed by atoms with Crippen molar-refractivity contribution in [2.75, 3.05) is 7.11 Å². The van der Waals surface area contributed by atoms with Crippen molar-refractivity contribution >= 4 is 17.0 Å². The quantitative estimate of drug-likeness (QED) is 0.680. The molecule has 0 unspecified atom stereocenters. The molecule has 2 heterocycles. The molecule has 0 bridgehead atoms. The maximum atomic E-state index is 12.1. The van der Waals surface area contributed by atoms with Crippen molar-refractivity contribution in [3.63, 3.8) is 0 Å². The van der Waals surface area contributed by atoms with Gasteiger partial charge in [0.1, 0.15) is 5.69 Å². The van der Waals surface area contributed by atoms with E-state index >= 15 is 0 Å². The summed E-state index contributed by atoms with van der Waals surface area (Å²) in [5.41, 5.74) is 5.25. The van der Waals surface area contributed by atoms with Gasteiger partial charge in [0.25, 0.3) is 0 Å². The first kappa shape index (κ1) is 16.4. The summed E-state index contributed by atoms with van der Waals surface area (Å²) in [6.07, 6.45) is 2.00. The molecule has 1 aromatic carbocycles. The first-order valence-corrected chi connectivity index (χ1v) is 8.13. The highest BCUT2D eigenvalue weighted by molar-refractivity contribution is 5.94. The molecular formula is C20H24N2O2. The van der Waals surface area contributed by atoms with Gasteiger partial charge >= 0.3 is 5.97 Å². The van der Waals surface area contributed by atoms with E-state index in [1.807, 2.05) is 34.5 Å². The topological polar surface area (TPSA) is 36.2 Å². The van der Waals surface area contributed by atoms with Gasteiger partial charge in [0.15, 0.2) is 0 Å². The average Bonchev–Trinajstić information content (AvgIpc) is 3.07. The van der Waals surface area contributed by atoms with Gasteiger partial charge in [-0.1, -0.05) is 45.0 Å². The molecule has 0 fully saturated rings. The van der Waals surface area contributed by atoms with Crippen LogP contribution in [0.2, 0.25) is 0 Å². The summed E-state index contributed by atoms with van der Waals surface area (Å²) in [7, 11) is 3.40. The molecule has 3 rings (SSSR count). The smallest absolute Gasteiger partial charge is 0.354 e. The van der Waals surface area contributed by atoms with Crippen LogP contribution in [0.4, 0.5) is 0 Å². The summed E-state index contributed by atoms with van der Waals surface area (Å²) in [5.74, 6) is -0.308. The standard InChI is InChI=1S/C20H24N2O2/c1-20(2,3)15-8-6-14(7-9-15)13-22-16-10-11-21(4)17(16)12-18(22)19(23)24-5/h6-12H,13H2,1-5H3. The number of carbonyl (C=O) groups is 1. The molecule has 0 atom stereocenters. The number of ether oxygens (including phenoxy) is 1. The molecule has 0 amide bonds. The lowest BCUT2D eigenvalue weighted by Gasteiger charge is -2.19. The summed E-state index contributed by atoms with van der Waals surface area (Å²) >= 11 is 0. The van der Waals surface area contributed by atoms with Crippen molar-refractivity contribution in [3.8, 4) is 0 Å². The number of carbonyl (C=O) groups excluding carboxylic acids is 1. The average molecular weight is 324 g/mol. The van der Waals surface area contributed by atoms with Crippen molar-refractivity contribution < 1.29 is 9.53 Å². The normalized spacial score (nSPS) is 11.9. The first-order chi connectivity index (χ1) is 11.3.